The fraction of sp³-hybridized carbons (Fsp3) is 0.158. The first-order valence-electron chi connectivity index (χ1n) is 8.31. The lowest BCUT2D eigenvalue weighted by atomic mass is 9.96. The molecule has 2 radical (unpaired) electrons. The van der Waals surface area contributed by atoms with E-state index in [0.717, 1.165) is 0 Å². The Bertz CT molecular complexity index is 1010. The van der Waals surface area contributed by atoms with Gasteiger partial charge in [0.05, 0.1) is 27.0 Å². The van der Waals surface area contributed by atoms with Gasteiger partial charge in [0.2, 0.25) is 0 Å². The number of anilines is 1. The second-order valence-corrected chi connectivity index (χ2v) is 7.02. The number of hydrogen-bond donors (Lipinski definition) is 2. The normalized spacial score (nSPS) is 11.9. The topological polar surface area (TPSA) is 83.5 Å². The number of pyridine rings is 1. The lowest BCUT2D eigenvalue weighted by Crippen LogP contribution is -2.23. The van der Waals surface area contributed by atoms with Gasteiger partial charge in [-0.05, 0) is 36.0 Å². The van der Waals surface area contributed by atoms with Crippen molar-refractivity contribution in [3.8, 4) is 0 Å². The molecule has 1 aromatic carbocycles. The SMILES string of the molecule is [B]C(/C=C(\Cc1ncccc1Cl)C(=O)Nc1c(Cl)cc(Cl)cc1C(=O)NC)=NC. The molecule has 0 aliphatic rings. The Balaban J connectivity index is 2.45. The molecule has 29 heavy (non-hydrogen) atoms. The van der Waals surface area contributed by atoms with Crippen LogP contribution >= 0.6 is 34.8 Å². The summed E-state index contributed by atoms with van der Waals surface area (Å²) >= 11 is 18.4. The van der Waals surface area contributed by atoms with Crippen molar-refractivity contribution in [2.45, 2.75) is 6.42 Å². The zero-order valence-corrected chi connectivity index (χ0v) is 17.9. The van der Waals surface area contributed by atoms with Crippen LogP contribution in [-0.4, -0.2) is 44.4 Å². The van der Waals surface area contributed by atoms with E-state index in [9.17, 15) is 9.59 Å². The Morgan fingerprint density at radius 3 is 2.59 bits per heavy atom. The number of hydrogen-bond acceptors (Lipinski definition) is 4. The third-order valence-corrected chi connectivity index (χ3v) is 4.69. The van der Waals surface area contributed by atoms with Crippen LogP contribution in [0.4, 0.5) is 5.69 Å². The number of benzene rings is 1. The van der Waals surface area contributed by atoms with E-state index >= 15 is 0 Å². The minimum absolute atomic E-state index is 0.0856. The Labute approximate surface area is 184 Å². The van der Waals surface area contributed by atoms with Crippen LogP contribution in [-0.2, 0) is 11.2 Å². The molecule has 0 aliphatic carbocycles. The molecule has 10 heteroatoms. The highest BCUT2D eigenvalue weighted by molar-refractivity contribution is 6.63. The first kappa shape index (κ1) is 22.9. The van der Waals surface area contributed by atoms with Crippen LogP contribution in [0.5, 0.6) is 0 Å². The maximum Gasteiger partial charge on any atom is 0.253 e. The van der Waals surface area contributed by atoms with Crippen molar-refractivity contribution in [3.63, 3.8) is 0 Å². The molecule has 0 bridgehead atoms. The van der Waals surface area contributed by atoms with E-state index in [-0.39, 0.29) is 38.9 Å². The van der Waals surface area contributed by atoms with Crippen molar-refractivity contribution in [2.75, 3.05) is 19.4 Å². The second-order valence-electron chi connectivity index (χ2n) is 5.77. The molecule has 2 N–H and O–H groups in total. The van der Waals surface area contributed by atoms with Crippen molar-refractivity contribution in [1.82, 2.24) is 10.3 Å². The van der Waals surface area contributed by atoms with Gasteiger partial charge in [0.25, 0.3) is 11.8 Å². The average Bonchev–Trinajstić information content (AvgIpc) is 2.69. The lowest BCUT2D eigenvalue weighted by Gasteiger charge is -2.15. The molecule has 2 rings (SSSR count). The Morgan fingerprint density at radius 1 is 1.24 bits per heavy atom. The van der Waals surface area contributed by atoms with Crippen molar-refractivity contribution in [1.29, 1.82) is 0 Å². The van der Waals surface area contributed by atoms with Crippen LogP contribution in [0, 0.1) is 0 Å². The first-order chi connectivity index (χ1) is 13.8. The smallest absolute Gasteiger partial charge is 0.253 e. The fourth-order valence-electron chi connectivity index (χ4n) is 2.38. The van der Waals surface area contributed by atoms with Gasteiger partial charge in [-0.15, -0.1) is 0 Å². The number of halogens is 3. The lowest BCUT2D eigenvalue weighted by molar-refractivity contribution is -0.112. The first-order valence-corrected chi connectivity index (χ1v) is 9.44. The maximum absolute atomic E-state index is 13.0. The zero-order chi connectivity index (χ0) is 21.6. The van der Waals surface area contributed by atoms with Crippen LogP contribution in [0.3, 0.4) is 0 Å². The number of aliphatic imine (C=N–C) groups is 1. The Hall–Kier alpha value is -2.35. The third kappa shape index (κ3) is 6.06. The summed E-state index contributed by atoms with van der Waals surface area (Å²) < 4.78 is 0. The zero-order valence-electron chi connectivity index (χ0n) is 15.6. The monoisotopic (exact) mass is 448 g/mol. The molecule has 0 aliphatic heterocycles. The highest BCUT2D eigenvalue weighted by atomic mass is 35.5. The number of allylic oxidation sites excluding steroid dienone is 1. The van der Waals surface area contributed by atoms with E-state index in [4.69, 9.17) is 42.6 Å². The van der Waals surface area contributed by atoms with Gasteiger partial charge in [0.1, 0.15) is 7.85 Å². The van der Waals surface area contributed by atoms with Crippen molar-refractivity contribution in [3.05, 3.63) is 68.4 Å². The minimum atomic E-state index is -0.548. The molecule has 0 unspecified atom stereocenters. The number of rotatable bonds is 6. The summed E-state index contributed by atoms with van der Waals surface area (Å²) in [6.07, 6.45) is 3.06. The molecule has 1 aromatic heterocycles. The van der Waals surface area contributed by atoms with Crippen molar-refractivity contribution < 1.29 is 9.59 Å². The summed E-state index contributed by atoms with van der Waals surface area (Å²) in [5.74, 6) is -1.01. The van der Waals surface area contributed by atoms with E-state index in [1.807, 2.05) is 0 Å². The molecule has 0 atom stereocenters. The van der Waals surface area contributed by atoms with E-state index in [1.165, 1.54) is 32.3 Å². The largest absolute Gasteiger partial charge is 0.355 e. The predicted octanol–water partition coefficient (Wildman–Crippen LogP) is 3.71. The van der Waals surface area contributed by atoms with Crippen LogP contribution < -0.4 is 10.6 Å². The van der Waals surface area contributed by atoms with E-state index in [0.29, 0.717) is 10.7 Å². The second kappa shape index (κ2) is 10.4. The molecule has 2 aromatic rings. The number of nitrogens with one attached hydrogen (secondary N) is 2. The molecule has 148 valence electrons. The fourth-order valence-corrected chi connectivity index (χ4v) is 3.11. The molecule has 1 heterocycles. The summed E-state index contributed by atoms with van der Waals surface area (Å²) in [6, 6.07) is 6.17. The van der Waals surface area contributed by atoms with Crippen LogP contribution in [0.2, 0.25) is 15.1 Å². The Morgan fingerprint density at radius 2 is 1.97 bits per heavy atom. The Kier molecular flexibility index (Phi) is 8.26. The van der Waals surface area contributed by atoms with Gasteiger partial charge in [0, 0.05) is 37.3 Å². The summed E-state index contributed by atoms with van der Waals surface area (Å²) in [4.78, 5) is 33.2. The molecule has 6 nitrogen and oxygen atoms in total. The third-order valence-electron chi connectivity index (χ3n) is 3.83. The van der Waals surface area contributed by atoms with Gasteiger partial charge in [-0.3, -0.25) is 14.6 Å². The molecule has 0 spiro atoms. The molecule has 0 fully saturated rings. The number of carbonyl (C=O) groups is 2. The standard InChI is InChI=1S/C19H16BCl3N4O2/c1-24-16(20)7-10(6-15-13(22)4-3-5-26-15)18(28)27-17-12(19(29)25-2)8-11(21)9-14(17)23/h3-5,7-9H,6H2,1-2H3,(H,25,29)(H,27,28)/b10-7+,24-16?. The summed E-state index contributed by atoms with van der Waals surface area (Å²) in [5.41, 5.74) is 1.07. The number of amides is 2. The van der Waals surface area contributed by atoms with Crippen LogP contribution in [0.15, 0.2) is 47.1 Å². The average molecular weight is 450 g/mol. The van der Waals surface area contributed by atoms with Gasteiger partial charge >= 0.3 is 0 Å². The van der Waals surface area contributed by atoms with Gasteiger partial charge in [-0.25, -0.2) is 0 Å². The predicted molar refractivity (Wildman–Crippen MR) is 119 cm³/mol. The quantitative estimate of drug-likeness (QED) is 0.401. The van der Waals surface area contributed by atoms with Crippen molar-refractivity contribution in [2.24, 2.45) is 4.99 Å². The molecule has 0 saturated carbocycles. The summed E-state index contributed by atoms with van der Waals surface area (Å²) in [6.45, 7) is 0. The number of aromatic nitrogens is 1. The highest BCUT2D eigenvalue weighted by Gasteiger charge is 2.20. The van der Waals surface area contributed by atoms with Gasteiger partial charge in [-0.1, -0.05) is 34.8 Å². The molecule has 2 amide bonds. The summed E-state index contributed by atoms with van der Waals surface area (Å²) in [5, 5.41) is 5.89. The van der Waals surface area contributed by atoms with E-state index in [1.54, 1.807) is 18.3 Å². The van der Waals surface area contributed by atoms with Crippen LogP contribution in [0.25, 0.3) is 0 Å². The van der Waals surface area contributed by atoms with E-state index in [2.05, 4.69) is 20.6 Å². The molecular formula is C19H16BCl3N4O2. The maximum atomic E-state index is 13.0. The van der Waals surface area contributed by atoms with Gasteiger partial charge in [-0.2, -0.15) is 0 Å². The van der Waals surface area contributed by atoms with Crippen LogP contribution in [0.1, 0.15) is 16.1 Å². The molecule has 0 saturated heterocycles. The molecular weight excluding hydrogens is 433 g/mol. The number of nitrogens with zero attached hydrogens (tertiary/aromatic N) is 2. The number of carbonyl (C=O) groups excluding carboxylic acids is 2. The van der Waals surface area contributed by atoms with Gasteiger partial charge < -0.3 is 15.6 Å². The van der Waals surface area contributed by atoms with E-state index < -0.39 is 11.8 Å². The highest BCUT2D eigenvalue weighted by Crippen LogP contribution is 2.31. The van der Waals surface area contributed by atoms with Crippen molar-refractivity contribution >= 4 is 65.8 Å². The minimum Gasteiger partial charge on any atom is -0.355 e. The summed E-state index contributed by atoms with van der Waals surface area (Å²) in [7, 11) is 8.73. The van der Waals surface area contributed by atoms with Gasteiger partial charge in [0.15, 0.2) is 0 Å².